The summed E-state index contributed by atoms with van der Waals surface area (Å²) in [4.78, 5) is 32.1. The van der Waals surface area contributed by atoms with Gasteiger partial charge in [0, 0.05) is 11.9 Å². The third-order valence-corrected chi connectivity index (χ3v) is 5.35. The lowest BCUT2D eigenvalue weighted by Gasteiger charge is -2.25. The summed E-state index contributed by atoms with van der Waals surface area (Å²) in [5, 5.41) is 11.3. The average molecular weight is 430 g/mol. The van der Waals surface area contributed by atoms with Gasteiger partial charge in [-0.15, -0.1) is 0 Å². The van der Waals surface area contributed by atoms with E-state index in [2.05, 4.69) is 4.98 Å². The molecule has 2 aromatic carbocycles. The highest BCUT2D eigenvalue weighted by molar-refractivity contribution is 6.51. The van der Waals surface area contributed by atoms with Crippen molar-refractivity contribution in [1.82, 2.24) is 4.98 Å². The molecule has 1 aliphatic rings. The van der Waals surface area contributed by atoms with Gasteiger partial charge in [-0.2, -0.15) is 0 Å². The van der Waals surface area contributed by atoms with Crippen LogP contribution in [0.2, 0.25) is 0 Å². The van der Waals surface area contributed by atoms with Gasteiger partial charge in [-0.25, -0.2) is 0 Å². The van der Waals surface area contributed by atoms with Crippen molar-refractivity contribution in [2.75, 3.05) is 19.1 Å². The monoisotopic (exact) mass is 430 g/mol. The van der Waals surface area contributed by atoms with Crippen LogP contribution in [0.15, 0.2) is 72.4 Å². The largest absolute Gasteiger partial charge is 0.507 e. The van der Waals surface area contributed by atoms with E-state index >= 15 is 0 Å². The number of methoxy groups -OCH3 is 2. The quantitative estimate of drug-likeness (QED) is 0.373. The maximum atomic E-state index is 13.2. The number of carbonyl (C=O) groups excluding carboxylic acids is 2. The Bertz CT molecular complexity index is 1220. The second-order valence-corrected chi connectivity index (χ2v) is 7.33. The number of carbonyl (C=O) groups is 2. The molecule has 1 saturated heterocycles. The topological polar surface area (TPSA) is 89.0 Å². The Kier molecular flexibility index (Phi) is 5.64. The summed E-state index contributed by atoms with van der Waals surface area (Å²) in [6.45, 7) is 1.90. The molecule has 162 valence electrons. The molecule has 1 amide bonds. The smallest absolute Gasteiger partial charge is 0.300 e. The number of aliphatic hydroxyl groups excluding tert-OH is 1. The zero-order valence-electron chi connectivity index (χ0n) is 17.9. The second kappa shape index (κ2) is 8.55. The summed E-state index contributed by atoms with van der Waals surface area (Å²) in [5.74, 6) is -1.09. The highest BCUT2D eigenvalue weighted by Crippen LogP contribution is 2.43. The Labute approximate surface area is 185 Å². The molecule has 4 rings (SSSR count). The Hall–Kier alpha value is -4.13. The maximum Gasteiger partial charge on any atom is 0.300 e. The predicted octanol–water partition coefficient (Wildman–Crippen LogP) is 4.03. The lowest BCUT2D eigenvalue weighted by Crippen LogP contribution is -2.29. The zero-order chi connectivity index (χ0) is 22.8. The highest BCUT2D eigenvalue weighted by atomic mass is 16.5. The van der Waals surface area contributed by atoms with Crippen molar-refractivity contribution in [3.63, 3.8) is 0 Å². The summed E-state index contributed by atoms with van der Waals surface area (Å²) in [7, 11) is 2.95. The number of nitrogens with zero attached hydrogens (tertiary/aromatic N) is 2. The molecule has 7 heteroatoms. The van der Waals surface area contributed by atoms with Gasteiger partial charge >= 0.3 is 0 Å². The van der Waals surface area contributed by atoms with Crippen molar-refractivity contribution in [1.29, 1.82) is 0 Å². The van der Waals surface area contributed by atoms with Gasteiger partial charge in [0.25, 0.3) is 11.7 Å². The number of amides is 1. The van der Waals surface area contributed by atoms with Crippen molar-refractivity contribution < 1.29 is 24.2 Å². The molecule has 1 aliphatic heterocycles. The number of anilines is 1. The van der Waals surface area contributed by atoms with Crippen LogP contribution in [0.25, 0.3) is 5.76 Å². The van der Waals surface area contributed by atoms with Gasteiger partial charge < -0.3 is 14.6 Å². The second-order valence-electron chi connectivity index (χ2n) is 7.33. The molecular weight excluding hydrogens is 408 g/mol. The minimum absolute atomic E-state index is 0.0678. The predicted molar refractivity (Wildman–Crippen MR) is 120 cm³/mol. The van der Waals surface area contributed by atoms with Crippen LogP contribution in [0.3, 0.4) is 0 Å². The fourth-order valence-corrected chi connectivity index (χ4v) is 3.84. The molecule has 0 radical (unpaired) electrons. The van der Waals surface area contributed by atoms with E-state index in [-0.39, 0.29) is 16.9 Å². The molecule has 1 atom stereocenters. The molecule has 1 unspecified atom stereocenters. The minimum Gasteiger partial charge on any atom is -0.507 e. The van der Waals surface area contributed by atoms with E-state index in [0.717, 1.165) is 5.56 Å². The number of aromatic nitrogens is 1. The first kappa shape index (κ1) is 21.1. The number of ketones is 1. The van der Waals surface area contributed by atoms with Crippen LogP contribution in [0.5, 0.6) is 11.5 Å². The van der Waals surface area contributed by atoms with Crippen molar-refractivity contribution in [3.8, 4) is 11.5 Å². The van der Waals surface area contributed by atoms with Crippen LogP contribution in [0.1, 0.15) is 22.9 Å². The van der Waals surface area contributed by atoms with Crippen molar-refractivity contribution in [2.45, 2.75) is 13.0 Å². The van der Waals surface area contributed by atoms with E-state index < -0.39 is 17.7 Å². The summed E-state index contributed by atoms with van der Waals surface area (Å²) in [6, 6.07) is 16.5. The average Bonchev–Trinajstić information content (AvgIpc) is 3.09. The Morgan fingerprint density at radius 3 is 2.47 bits per heavy atom. The maximum absolute atomic E-state index is 13.2. The first-order valence-corrected chi connectivity index (χ1v) is 9.97. The third kappa shape index (κ3) is 3.58. The van der Waals surface area contributed by atoms with E-state index in [9.17, 15) is 14.7 Å². The summed E-state index contributed by atoms with van der Waals surface area (Å²) < 4.78 is 10.6. The lowest BCUT2D eigenvalue weighted by molar-refractivity contribution is -0.132. The number of hydrogen-bond donors (Lipinski definition) is 1. The fraction of sp³-hybridized carbons (Fsp3) is 0.160. The first-order chi connectivity index (χ1) is 15.5. The third-order valence-electron chi connectivity index (χ3n) is 5.35. The van der Waals surface area contributed by atoms with Gasteiger partial charge in [0.15, 0.2) is 0 Å². The van der Waals surface area contributed by atoms with E-state index in [1.54, 1.807) is 48.7 Å². The standard InChI is InChI=1S/C25H22N2O5/c1-15-7-6-8-16(13-15)27-22(19-9-4-5-12-26-19)21(24(29)25(27)30)23(28)18-14-17(31-2)10-11-20(18)32-3/h4-14,22,28H,1-3H3/b23-21+. The van der Waals surface area contributed by atoms with E-state index in [1.165, 1.54) is 19.1 Å². The molecule has 2 heterocycles. The SMILES string of the molecule is COc1ccc(OC)c(/C(O)=C2\C(=O)C(=O)N(c3cccc(C)c3)C2c2ccccn2)c1. The van der Waals surface area contributed by atoms with Gasteiger partial charge in [-0.1, -0.05) is 18.2 Å². The molecular formula is C25H22N2O5. The number of hydrogen-bond acceptors (Lipinski definition) is 6. The Morgan fingerprint density at radius 1 is 1.00 bits per heavy atom. The minimum atomic E-state index is -0.908. The Balaban J connectivity index is 1.98. The van der Waals surface area contributed by atoms with Crippen LogP contribution in [0.4, 0.5) is 5.69 Å². The number of rotatable bonds is 5. The number of ether oxygens (including phenoxy) is 2. The zero-order valence-corrected chi connectivity index (χ0v) is 17.9. The molecule has 0 bridgehead atoms. The molecule has 7 nitrogen and oxygen atoms in total. The number of benzene rings is 2. The van der Waals surface area contributed by atoms with Crippen molar-refractivity contribution >= 4 is 23.1 Å². The molecule has 32 heavy (non-hydrogen) atoms. The normalized spacial score (nSPS) is 17.5. The van der Waals surface area contributed by atoms with Crippen molar-refractivity contribution in [2.24, 2.45) is 0 Å². The number of aliphatic hydroxyl groups is 1. The summed E-state index contributed by atoms with van der Waals surface area (Å²) >= 11 is 0. The molecule has 1 aromatic heterocycles. The lowest BCUT2D eigenvalue weighted by atomic mass is 9.97. The molecule has 1 N–H and O–H groups in total. The summed E-state index contributed by atoms with van der Waals surface area (Å²) in [5.41, 5.74) is 2.10. The highest BCUT2D eigenvalue weighted by Gasteiger charge is 2.47. The number of pyridine rings is 1. The van der Waals surface area contributed by atoms with Gasteiger partial charge in [-0.3, -0.25) is 19.5 Å². The molecule has 0 saturated carbocycles. The van der Waals surface area contributed by atoms with Crippen LogP contribution in [-0.4, -0.2) is 36.0 Å². The van der Waals surface area contributed by atoms with Crippen LogP contribution < -0.4 is 14.4 Å². The molecule has 0 aliphatic carbocycles. The van der Waals surface area contributed by atoms with Crippen LogP contribution in [-0.2, 0) is 9.59 Å². The van der Waals surface area contributed by atoms with E-state index in [4.69, 9.17) is 9.47 Å². The summed E-state index contributed by atoms with van der Waals surface area (Å²) in [6.07, 6.45) is 1.58. The van der Waals surface area contributed by atoms with Crippen molar-refractivity contribution in [3.05, 3.63) is 89.3 Å². The number of aryl methyl sites for hydroxylation is 1. The van der Waals surface area contributed by atoms with Gasteiger partial charge in [-0.05, 0) is 55.0 Å². The first-order valence-electron chi connectivity index (χ1n) is 9.97. The molecule has 3 aromatic rings. The van der Waals surface area contributed by atoms with E-state index in [0.29, 0.717) is 22.9 Å². The van der Waals surface area contributed by atoms with E-state index in [1.807, 2.05) is 25.1 Å². The number of Topliss-reactive ketones (excluding diaryl/α,β-unsaturated/α-hetero) is 1. The van der Waals surface area contributed by atoms with Gasteiger partial charge in [0.1, 0.15) is 23.3 Å². The molecule has 1 fully saturated rings. The Morgan fingerprint density at radius 2 is 1.81 bits per heavy atom. The molecule has 0 spiro atoms. The van der Waals surface area contributed by atoms with Gasteiger partial charge in [0.2, 0.25) is 0 Å². The van der Waals surface area contributed by atoms with Crippen LogP contribution >= 0.6 is 0 Å². The van der Waals surface area contributed by atoms with Crippen LogP contribution in [0, 0.1) is 6.92 Å². The fourth-order valence-electron chi connectivity index (χ4n) is 3.84. The van der Waals surface area contributed by atoms with Gasteiger partial charge in [0.05, 0.1) is 31.1 Å².